The molecular formula is C117H131N9O9. The number of hydrogen-bond donors (Lipinski definition) is 10. The van der Waals surface area contributed by atoms with E-state index in [0.29, 0.717) is 48.3 Å². The zero-order chi connectivity index (χ0) is 94.3. The van der Waals surface area contributed by atoms with Gasteiger partial charge >= 0.3 is 23.9 Å². The van der Waals surface area contributed by atoms with Crippen molar-refractivity contribution in [2.45, 2.75) is 174 Å². The maximum atomic E-state index is 12.9. The van der Waals surface area contributed by atoms with E-state index in [1.165, 1.54) is 68.5 Å². The summed E-state index contributed by atoms with van der Waals surface area (Å²) in [5.41, 5.74) is 15.4. The Balaban J connectivity index is 0.000000127. The lowest BCUT2D eigenvalue weighted by molar-refractivity contribution is -0.165. The first-order valence-corrected chi connectivity index (χ1v) is 47.7. The van der Waals surface area contributed by atoms with Gasteiger partial charge in [0.2, 0.25) is 5.54 Å². The van der Waals surface area contributed by atoms with Crippen LogP contribution in [-0.2, 0) is 35.1 Å². The molecule has 4 unspecified atom stereocenters. The highest BCUT2D eigenvalue weighted by atomic mass is 16.6. The van der Waals surface area contributed by atoms with Crippen LogP contribution in [0.25, 0.3) is 0 Å². The van der Waals surface area contributed by atoms with Gasteiger partial charge in [0.1, 0.15) is 6.04 Å². The summed E-state index contributed by atoms with van der Waals surface area (Å²) in [6.45, 7) is 11.2. The van der Waals surface area contributed by atoms with Crippen molar-refractivity contribution in [3.8, 4) is 0 Å². The molecule has 13 aromatic carbocycles. The van der Waals surface area contributed by atoms with Gasteiger partial charge in [0, 0.05) is 96.6 Å². The summed E-state index contributed by atoms with van der Waals surface area (Å²) in [6, 6.07) is 138. The molecule has 7 fully saturated rings. The number of carbonyl (C=O) groups is 4. The Hall–Kier alpha value is -12.7. The number of carboxylic acids is 2. The van der Waals surface area contributed by atoms with Crippen molar-refractivity contribution in [2.24, 2.45) is 0 Å². The van der Waals surface area contributed by atoms with Crippen LogP contribution in [-0.4, -0.2) is 132 Å². The zero-order valence-electron chi connectivity index (χ0n) is 78.2. The number of aliphatic hydroxyl groups excluding tert-OH is 1. The molecule has 0 bridgehead atoms. The van der Waals surface area contributed by atoms with Gasteiger partial charge in [0.15, 0.2) is 12.5 Å². The first kappa shape index (κ1) is 98.3. The highest BCUT2D eigenvalue weighted by Gasteiger charge is 2.58. The van der Waals surface area contributed by atoms with Crippen LogP contribution in [0.4, 0.5) is 0 Å². The molecule has 7 heterocycles. The minimum Gasteiger partial charge on any atom is -0.480 e. The minimum atomic E-state index is -1.51. The van der Waals surface area contributed by atoms with Crippen molar-refractivity contribution in [2.75, 3.05) is 46.9 Å². The third-order valence-corrected chi connectivity index (χ3v) is 26.8. The number of aliphatic hydroxyl groups is 1. The van der Waals surface area contributed by atoms with Crippen molar-refractivity contribution in [3.05, 3.63) is 467 Å². The molecule has 0 saturated carbocycles. The summed E-state index contributed by atoms with van der Waals surface area (Å²) in [4.78, 5) is 51.6. The van der Waals surface area contributed by atoms with Gasteiger partial charge in [-0.3, -0.25) is 35.9 Å². The van der Waals surface area contributed by atoms with Crippen molar-refractivity contribution < 1.29 is 44.0 Å². The molecule has 10 N–H and O–H groups in total. The average Bonchev–Trinajstić information content (AvgIpc) is 1.60. The van der Waals surface area contributed by atoms with E-state index in [1.54, 1.807) is 13.8 Å². The van der Waals surface area contributed by atoms with E-state index in [4.69, 9.17) is 14.6 Å². The van der Waals surface area contributed by atoms with E-state index < -0.39 is 48.0 Å². The van der Waals surface area contributed by atoms with E-state index >= 15 is 0 Å². The van der Waals surface area contributed by atoms with Crippen LogP contribution < -0.4 is 37.2 Å². The number of carboxylic acid groups (broad SMARTS) is 2. The molecule has 135 heavy (non-hydrogen) atoms. The molecule has 0 amide bonds. The molecule has 0 spiro atoms. The predicted octanol–water partition coefficient (Wildman–Crippen LogP) is 20.4. The molecular weight excluding hydrogens is 1680 g/mol. The second-order valence-electron chi connectivity index (χ2n) is 36.5. The molecule has 7 aliphatic heterocycles. The topological polar surface area (TPSA) is 238 Å². The molecule has 698 valence electrons. The van der Waals surface area contributed by atoms with Gasteiger partial charge < -0.3 is 40.7 Å². The Morgan fingerprint density at radius 2 is 0.674 bits per heavy atom. The molecule has 18 heteroatoms. The molecule has 13 aromatic rings. The first-order chi connectivity index (χ1) is 65.8. The average molecular weight is 1810 g/mol. The molecule has 7 saturated heterocycles. The van der Waals surface area contributed by atoms with Gasteiger partial charge in [-0.2, -0.15) is 0 Å². The number of ether oxygens (including phenoxy) is 2. The van der Waals surface area contributed by atoms with Gasteiger partial charge in [-0.05, 0) is 159 Å². The van der Waals surface area contributed by atoms with Gasteiger partial charge in [0.05, 0.1) is 13.2 Å². The van der Waals surface area contributed by atoms with E-state index in [0.717, 1.165) is 49.2 Å². The van der Waals surface area contributed by atoms with Crippen LogP contribution in [0.3, 0.4) is 0 Å². The van der Waals surface area contributed by atoms with Crippen molar-refractivity contribution in [1.82, 2.24) is 47.0 Å². The van der Waals surface area contributed by atoms with E-state index in [2.05, 4.69) is 312 Å². The summed E-state index contributed by atoms with van der Waals surface area (Å²) in [7, 11) is 3.73. The molecule has 20 rings (SSSR count). The zero-order valence-corrected chi connectivity index (χ0v) is 78.2. The van der Waals surface area contributed by atoms with Gasteiger partial charge in [-0.1, -0.05) is 394 Å². The number of esters is 2. The fourth-order valence-corrected chi connectivity index (χ4v) is 20.2. The van der Waals surface area contributed by atoms with E-state index in [9.17, 15) is 29.4 Å². The number of rotatable bonds is 20. The summed E-state index contributed by atoms with van der Waals surface area (Å²) in [6.07, 6.45) is 4.26. The van der Waals surface area contributed by atoms with E-state index in [1.807, 2.05) is 157 Å². The Bertz CT molecular complexity index is 5420. The Labute approximate surface area is 797 Å². The smallest absolute Gasteiger partial charge is 0.338 e. The van der Waals surface area contributed by atoms with Crippen molar-refractivity contribution in [3.63, 3.8) is 0 Å². The summed E-state index contributed by atoms with van der Waals surface area (Å²) < 4.78 is 10.5. The normalized spacial score (nSPS) is 24.4. The van der Waals surface area contributed by atoms with Crippen LogP contribution >= 0.6 is 0 Å². The number of aliphatic carboxylic acids is 2. The maximum absolute atomic E-state index is 12.9. The largest absolute Gasteiger partial charge is 0.480 e. The van der Waals surface area contributed by atoms with Crippen LogP contribution in [0.2, 0.25) is 0 Å². The second kappa shape index (κ2) is 49.0. The standard InChI is InChI=1S/C22H25NO4.C22H21N.C18H21N.C17H17NO2.C16H17N.C12H16N2O2.C10H14N2O/c1-3-26-20(24)22(21(25)27-4-2)15-18(16-11-7-5-8-12-16)19(23-22)17-13-9-6-10-14-17;1-4-10-17(11-5-1)20-16-21(18-12-6-2-7-13-18)23-22(20)19-14-8-3-9-15-19;1-18(2)13-16(14-9-5-3-6-10-14)17(19-18)15-11-7-4-8-12-15;19-17(20)15-11-14(12-7-3-1-4-8-12)16(18-15)13-9-5-2-6-10-13;1-3-7-13(8-4-1)15-11-12-17-16(15)14-9-5-2-6-10-14;1-14-8-10(13-11(14)12(15)16)7-9-5-3-2-4-6-9;1-12-7-9(11-10(12)13)8-5-3-2-4-6-8/h5-14,18-19,23H,3-4,15H2,1-2H3;1-15,20-23H,16H2;3-12,16-17,19H,13H2,1-2H3;1-10,14-16,18H,11H2,(H,19,20);1-10,15-17H,11-12H2;2-6,10-11,13H,7-8H2,1H3,(H,15,16);2-6,9-11,13H,7H2,1H3/t18-,19-;20-,21?,22-;16-,17-;14-,15?,16-;15-,16-;10-,11?;9-,10?/m0000001/s1. The van der Waals surface area contributed by atoms with Crippen LogP contribution in [0.1, 0.15) is 204 Å². The molecule has 18 nitrogen and oxygen atoms in total. The van der Waals surface area contributed by atoms with Crippen LogP contribution in [0, 0.1) is 0 Å². The lowest BCUT2D eigenvalue weighted by atomic mass is 9.84. The van der Waals surface area contributed by atoms with Crippen molar-refractivity contribution >= 4 is 23.9 Å². The number of hydrogen-bond acceptors (Lipinski definition) is 16. The number of likely N-dealkylation sites (N-methyl/N-ethyl adjacent to an activating group) is 2. The molecule has 16 atom stereocenters. The summed E-state index contributed by atoms with van der Waals surface area (Å²) in [5.74, 6) is -0.948. The Morgan fingerprint density at radius 1 is 0.341 bits per heavy atom. The number of nitrogens with one attached hydrogen (secondary N) is 7. The van der Waals surface area contributed by atoms with Crippen LogP contribution in [0.15, 0.2) is 394 Å². The fraction of sp³-hybridized carbons (Fsp3) is 0.299. The van der Waals surface area contributed by atoms with Crippen molar-refractivity contribution in [1.29, 1.82) is 0 Å². The Kier molecular flexibility index (Phi) is 35.7. The highest BCUT2D eigenvalue weighted by Crippen LogP contribution is 2.49. The molecule has 0 aliphatic carbocycles. The summed E-state index contributed by atoms with van der Waals surface area (Å²) >= 11 is 0. The van der Waals surface area contributed by atoms with E-state index in [-0.39, 0.29) is 61.2 Å². The highest BCUT2D eigenvalue weighted by molar-refractivity contribution is 6.05. The van der Waals surface area contributed by atoms with Crippen LogP contribution in [0.5, 0.6) is 0 Å². The quantitative estimate of drug-likeness (QED) is 0.0252. The van der Waals surface area contributed by atoms with Gasteiger partial charge in [-0.25, -0.2) is 14.4 Å². The third kappa shape index (κ3) is 26.5. The minimum absolute atomic E-state index is 0.0553. The molecule has 0 aromatic heterocycles. The Morgan fingerprint density at radius 3 is 1.05 bits per heavy atom. The molecule has 7 aliphatic rings. The molecule has 0 radical (unpaired) electrons. The number of carbonyl (C=O) groups excluding carboxylic acids is 2. The predicted molar refractivity (Wildman–Crippen MR) is 538 cm³/mol. The first-order valence-electron chi connectivity index (χ1n) is 47.7. The van der Waals surface area contributed by atoms with Gasteiger partial charge in [-0.15, -0.1) is 0 Å². The maximum Gasteiger partial charge on any atom is 0.338 e. The summed E-state index contributed by atoms with van der Waals surface area (Å²) in [5, 5.41) is 51.7. The SMILES string of the molecule is CC1(C)C[C@@H](c2ccccc2)[C@H](c2ccccc2)N1.CCOC(=O)C1(C(=O)OCC)C[C@@H](c2ccccc2)[C@H](c2ccccc2)N1.CN1C[C@H](Cc2ccccc2)NC1C(=O)O.CN1C[C@H](c2ccccc2)NC1O.O=C(O)C1C[C@@H](c2ccccc2)[C@H](c2ccccc2)N1.c1ccc(C2C[C@@H](c3ccccc3)[C@H](c3ccccc3)N2)cc1.c1ccc([C@@H]2CCN[C@H]2c2ccccc2)cc1. The second-order valence-corrected chi connectivity index (χ2v) is 36.5. The van der Waals surface area contributed by atoms with Gasteiger partial charge in [0.25, 0.3) is 0 Å². The third-order valence-electron chi connectivity index (χ3n) is 26.8. The fourth-order valence-electron chi connectivity index (χ4n) is 20.2. The number of benzene rings is 13. The lowest BCUT2D eigenvalue weighted by Crippen LogP contribution is -2.56. The monoisotopic (exact) mass is 1810 g/mol. The number of nitrogens with zero attached hydrogens (tertiary/aromatic N) is 2. The lowest BCUT2D eigenvalue weighted by Gasteiger charge is -2.25.